The fourth-order valence-corrected chi connectivity index (χ4v) is 4.76. The van der Waals surface area contributed by atoms with Crippen LogP contribution in [0.3, 0.4) is 0 Å². The summed E-state index contributed by atoms with van der Waals surface area (Å²) in [6, 6.07) is 4.68. The van der Waals surface area contributed by atoms with Crippen molar-refractivity contribution in [1.29, 1.82) is 0 Å². The van der Waals surface area contributed by atoms with Gasteiger partial charge in [-0.1, -0.05) is 13.8 Å². The summed E-state index contributed by atoms with van der Waals surface area (Å²) in [5.41, 5.74) is 0.746. The summed E-state index contributed by atoms with van der Waals surface area (Å²) in [5.74, 6) is -1.25. The van der Waals surface area contributed by atoms with Crippen LogP contribution < -0.4 is 16.0 Å². The third-order valence-electron chi connectivity index (χ3n) is 4.71. The maximum atomic E-state index is 14.4. The van der Waals surface area contributed by atoms with Gasteiger partial charge in [-0.05, 0) is 58.2 Å². The summed E-state index contributed by atoms with van der Waals surface area (Å²) in [7, 11) is 0. The van der Waals surface area contributed by atoms with Gasteiger partial charge in [-0.3, -0.25) is 9.59 Å². The van der Waals surface area contributed by atoms with Crippen LogP contribution in [0.4, 0.5) is 15.1 Å². The van der Waals surface area contributed by atoms with E-state index in [1.165, 1.54) is 6.07 Å². The van der Waals surface area contributed by atoms with Crippen molar-refractivity contribution in [3.05, 3.63) is 43.6 Å². The monoisotopic (exact) mass is 547 g/mol. The molecule has 0 saturated carbocycles. The van der Waals surface area contributed by atoms with Gasteiger partial charge in [-0.2, -0.15) is 0 Å². The van der Waals surface area contributed by atoms with E-state index in [4.69, 9.17) is 5.11 Å². The molecule has 0 aliphatic carbocycles. The second-order valence-corrected chi connectivity index (χ2v) is 10.2. The lowest BCUT2D eigenvalue weighted by Gasteiger charge is -2.22. The van der Waals surface area contributed by atoms with Gasteiger partial charge in [0.25, 0.3) is 11.8 Å². The Balaban J connectivity index is 2.05. The number of rotatable bonds is 6. The van der Waals surface area contributed by atoms with E-state index in [-0.39, 0.29) is 29.1 Å². The average Bonchev–Trinajstić information content (AvgIpc) is 2.98. The van der Waals surface area contributed by atoms with Crippen LogP contribution in [0.1, 0.15) is 39.4 Å². The van der Waals surface area contributed by atoms with E-state index in [2.05, 4.69) is 16.0 Å². The second-order valence-electron chi connectivity index (χ2n) is 7.93. The zero-order chi connectivity index (χ0) is 22.1. The first-order valence-electron chi connectivity index (χ1n) is 9.34. The molecule has 2 amide bonds. The van der Waals surface area contributed by atoms with Gasteiger partial charge in [-0.15, -0.1) is 11.3 Å². The first-order chi connectivity index (χ1) is 14.1. The van der Waals surface area contributed by atoms with Crippen LogP contribution in [0.2, 0.25) is 0 Å². The minimum atomic E-state index is -1.10. The molecule has 1 aromatic heterocycles. The summed E-state index contributed by atoms with van der Waals surface area (Å²) in [6.07, 6.45) is -0.629. The lowest BCUT2D eigenvalue weighted by Crippen LogP contribution is -2.34. The molecule has 0 spiro atoms. The molecule has 1 aliphatic rings. The van der Waals surface area contributed by atoms with E-state index in [1.54, 1.807) is 12.1 Å². The standard InChI is InChI=1S/C20H23FIN3O4S/c1-20(2)6-12-15(17(28)23-7-11(27)8-26)19(30-16(12)18(29)24-9-20)25-14-4-3-10(22)5-13(14)21/h3-5,11,25-27H,6-9H2,1-2H3,(H,23,28)(H,24,29)/t11-/m0/s1. The predicted octanol–water partition coefficient (Wildman–Crippen LogP) is 2.63. The zero-order valence-corrected chi connectivity index (χ0v) is 19.5. The number of amides is 2. The molecule has 0 fully saturated rings. The molecule has 0 bridgehead atoms. The van der Waals surface area contributed by atoms with Gasteiger partial charge in [0.15, 0.2) is 0 Å². The minimum Gasteiger partial charge on any atom is -0.394 e. The third-order valence-corrected chi connectivity index (χ3v) is 6.53. The predicted molar refractivity (Wildman–Crippen MR) is 122 cm³/mol. The number of hydrogen-bond donors (Lipinski definition) is 5. The first kappa shape index (κ1) is 22.9. The fraction of sp³-hybridized carbons (Fsp3) is 0.400. The van der Waals surface area contributed by atoms with Crippen molar-refractivity contribution >= 4 is 56.4 Å². The molecule has 2 aromatic rings. The van der Waals surface area contributed by atoms with Crippen molar-refractivity contribution in [2.75, 3.05) is 25.0 Å². The molecule has 1 atom stereocenters. The van der Waals surface area contributed by atoms with Gasteiger partial charge in [0.2, 0.25) is 0 Å². The number of fused-ring (bicyclic) bond motifs is 1. The highest BCUT2D eigenvalue weighted by atomic mass is 127. The SMILES string of the molecule is CC1(C)CNC(=O)c2sc(Nc3ccc(I)cc3F)c(C(=O)NC[C@H](O)CO)c2C1. The van der Waals surface area contributed by atoms with Crippen molar-refractivity contribution in [2.24, 2.45) is 5.41 Å². The lowest BCUT2D eigenvalue weighted by atomic mass is 9.85. The molecular weight excluding hydrogens is 524 g/mol. The van der Waals surface area contributed by atoms with Crippen LogP contribution in [-0.2, 0) is 6.42 Å². The number of nitrogens with one attached hydrogen (secondary N) is 3. The topological polar surface area (TPSA) is 111 Å². The van der Waals surface area contributed by atoms with Crippen LogP contribution in [0, 0.1) is 14.8 Å². The lowest BCUT2D eigenvalue weighted by molar-refractivity contribution is 0.0802. The molecule has 7 nitrogen and oxygen atoms in total. The Kier molecular flexibility index (Phi) is 7.00. The molecule has 3 rings (SSSR count). The molecule has 30 heavy (non-hydrogen) atoms. The number of anilines is 2. The summed E-state index contributed by atoms with van der Waals surface area (Å²) < 4.78 is 15.1. The first-order valence-corrected chi connectivity index (χ1v) is 11.2. The fourth-order valence-electron chi connectivity index (χ4n) is 3.16. The van der Waals surface area contributed by atoms with Gasteiger partial charge in [0.05, 0.1) is 28.8 Å². The highest BCUT2D eigenvalue weighted by molar-refractivity contribution is 14.1. The zero-order valence-electron chi connectivity index (χ0n) is 16.5. The number of hydrogen-bond acceptors (Lipinski definition) is 6. The number of carbonyl (C=O) groups is 2. The molecule has 0 saturated heterocycles. The van der Waals surface area contributed by atoms with E-state index in [9.17, 15) is 19.1 Å². The van der Waals surface area contributed by atoms with Gasteiger partial charge < -0.3 is 26.2 Å². The average molecular weight is 547 g/mol. The summed E-state index contributed by atoms with van der Waals surface area (Å²) in [5, 5.41) is 27.4. The number of thiophene rings is 1. The largest absolute Gasteiger partial charge is 0.394 e. The molecular formula is C20H23FIN3O4S. The molecule has 2 heterocycles. The van der Waals surface area contributed by atoms with Crippen molar-refractivity contribution in [2.45, 2.75) is 26.4 Å². The van der Waals surface area contributed by atoms with E-state index < -0.39 is 24.4 Å². The molecule has 0 unspecified atom stereocenters. The van der Waals surface area contributed by atoms with Crippen LogP contribution in [0.5, 0.6) is 0 Å². The summed E-state index contributed by atoms with van der Waals surface area (Å²) in [6.45, 7) is 3.81. The number of benzene rings is 1. The quantitative estimate of drug-likeness (QED) is 0.358. The van der Waals surface area contributed by atoms with Crippen molar-refractivity contribution < 1.29 is 24.2 Å². The molecule has 162 valence electrons. The Bertz CT molecular complexity index is 979. The molecule has 10 heteroatoms. The van der Waals surface area contributed by atoms with Gasteiger partial charge in [-0.25, -0.2) is 4.39 Å². The highest BCUT2D eigenvalue weighted by Gasteiger charge is 2.34. The number of carbonyl (C=O) groups excluding carboxylic acids is 2. The normalized spacial score (nSPS) is 16.3. The minimum absolute atomic E-state index is 0.146. The number of aliphatic hydroxyl groups is 2. The Morgan fingerprint density at radius 3 is 2.83 bits per heavy atom. The smallest absolute Gasteiger partial charge is 0.261 e. The van der Waals surface area contributed by atoms with E-state index >= 15 is 0 Å². The Morgan fingerprint density at radius 1 is 1.43 bits per heavy atom. The molecule has 0 radical (unpaired) electrons. The van der Waals surface area contributed by atoms with Crippen LogP contribution >= 0.6 is 33.9 Å². The molecule has 1 aliphatic heterocycles. The van der Waals surface area contributed by atoms with E-state index in [1.807, 2.05) is 36.4 Å². The molecule has 5 N–H and O–H groups in total. The van der Waals surface area contributed by atoms with E-state index in [0.717, 1.165) is 14.9 Å². The summed E-state index contributed by atoms with van der Waals surface area (Å²) in [4.78, 5) is 26.1. The van der Waals surface area contributed by atoms with Crippen molar-refractivity contribution in [3.8, 4) is 0 Å². The van der Waals surface area contributed by atoms with E-state index in [0.29, 0.717) is 28.4 Å². The maximum Gasteiger partial charge on any atom is 0.261 e. The Labute approximate surface area is 191 Å². The highest BCUT2D eigenvalue weighted by Crippen LogP contribution is 2.40. The van der Waals surface area contributed by atoms with Gasteiger partial charge >= 0.3 is 0 Å². The summed E-state index contributed by atoms with van der Waals surface area (Å²) >= 11 is 3.10. The van der Waals surface area contributed by atoms with Gasteiger partial charge in [0.1, 0.15) is 10.8 Å². The Morgan fingerprint density at radius 2 is 2.17 bits per heavy atom. The number of halogens is 2. The Hall–Kier alpha value is -1.76. The van der Waals surface area contributed by atoms with Crippen LogP contribution in [0.15, 0.2) is 18.2 Å². The third kappa shape index (κ3) is 5.10. The maximum absolute atomic E-state index is 14.4. The number of aliphatic hydroxyl groups excluding tert-OH is 2. The second kappa shape index (κ2) is 9.16. The van der Waals surface area contributed by atoms with Crippen LogP contribution in [-0.4, -0.2) is 47.8 Å². The van der Waals surface area contributed by atoms with Crippen molar-refractivity contribution in [3.63, 3.8) is 0 Å². The van der Waals surface area contributed by atoms with Crippen LogP contribution in [0.25, 0.3) is 0 Å². The molecule has 1 aromatic carbocycles. The van der Waals surface area contributed by atoms with Crippen molar-refractivity contribution in [1.82, 2.24) is 10.6 Å². The van der Waals surface area contributed by atoms with Gasteiger partial charge in [0, 0.05) is 16.7 Å².